The van der Waals surface area contributed by atoms with Gasteiger partial charge in [-0.2, -0.15) is 0 Å². The molecule has 2 unspecified atom stereocenters. The van der Waals surface area contributed by atoms with Gasteiger partial charge in [0.1, 0.15) is 10.5 Å². The molecule has 0 amide bonds. The number of rotatable bonds is 3. The first-order valence-electron chi connectivity index (χ1n) is 2.87. The van der Waals surface area contributed by atoms with Crippen LogP contribution >= 0.6 is 0 Å². The van der Waals surface area contributed by atoms with Gasteiger partial charge in [0.2, 0.25) is 0 Å². The minimum Gasteiger partial charge on any atom is -0.425 e. The van der Waals surface area contributed by atoms with Crippen LogP contribution in [-0.4, -0.2) is 16.6 Å². The van der Waals surface area contributed by atoms with Crippen LogP contribution in [0.1, 0.15) is 13.8 Å². The third kappa shape index (κ3) is 2.28. The molecule has 0 saturated heterocycles. The smallest absolute Gasteiger partial charge is 0.146 e. The summed E-state index contributed by atoms with van der Waals surface area (Å²) >= 11 is 0. The van der Waals surface area contributed by atoms with Crippen LogP contribution in [0.2, 0.25) is 0 Å². The van der Waals surface area contributed by atoms with Gasteiger partial charge in [-0.05, 0) is 12.8 Å². The van der Waals surface area contributed by atoms with Crippen molar-refractivity contribution in [3.8, 4) is 0 Å². The fraction of sp³-hybridized carbons (Fsp3) is 0.667. The lowest BCUT2D eigenvalue weighted by atomic mass is 10.1. The molecule has 0 heterocycles. The average molecular weight is 130 g/mol. The Labute approximate surface area is 54.3 Å². The van der Waals surface area contributed by atoms with Gasteiger partial charge >= 0.3 is 0 Å². The first kappa shape index (κ1) is 7.92. The maximum absolute atomic E-state index is 5.17. The van der Waals surface area contributed by atoms with Crippen LogP contribution in [0.15, 0.2) is 12.7 Å². The minimum absolute atomic E-state index is 0.360. The van der Waals surface area contributed by atoms with Gasteiger partial charge in [0.15, 0.2) is 0 Å². The highest BCUT2D eigenvalue weighted by Crippen LogP contribution is 2.04. The molecule has 8 heavy (non-hydrogen) atoms. The zero-order valence-electron chi connectivity index (χ0n) is 5.85. The molecule has 0 radical (unpaired) electrons. The molecule has 0 aromatic rings. The number of hydrogen-bond acceptors (Lipinski definition) is 1. The molecule has 0 aliphatic rings. The van der Waals surface area contributed by atoms with Crippen molar-refractivity contribution in [3.63, 3.8) is 0 Å². The molecule has 0 saturated carbocycles. The molecule has 0 aliphatic heterocycles. The van der Waals surface area contributed by atoms with E-state index in [0.29, 0.717) is 12.0 Å². The van der Waals surface area contributed by atoms with E-state index in [9.17, 15) is 0 Å². The van der Waals surface area contributed by atoms with E-state index in [-0.39, 0.29) is 0 Å². The van der Waals surface area contributed by atoms with Crippen molar-refractivity contribution in [2.75, 3.05) is 0 Å². The van der Waals surface area contributed by atoms with E-state index in [1.54, 1.807) is 0 Å². The number of hydrogen-bond donors (Lipinski definition) is 0. The van der Waals surface area contributed by atoms with Crippen molar-refractivity contribution < 1.29 is 4.43 Å². The van der Waals surface area contributed by atoms with E-state index < -0.39 is 0 Å². The Hall–Kier alpha value is -0.0831. The fourth-order valence-corrected chi connectivity index (χ4v) is 0.836. The Balaban J connectivity index is 3.44. The molecule has 0 rings (SSSR count). The average Bonchev–Trinajstić information content (AvgIpc) is 1.84. The largest absolute Gasteiger partial charge is 0.425 e. The lowest BCUT2D eigenvalue weighted by molar-refractivity contribution is 0.202. The SMILES string of the molecule is C=CC(C)C(C)O[SiH3]. The van der Waals surface area contributed by atoms with Crippen molar-refractivity contribution in [2.24, 2.45) is 5.92 Å². The fourth-order valence-electron chi connectivity index (χ4n) is 0.406. The van der Waals surface area contributed by atoms with E-state index in [2.05, 4.69) is 20.4 Å². The Morgan fingerprint density at radius 1 is 1.62 bits per heavy atom. The normalized spacial score (nSPS) is 17.8. The molecule has 1 nitrogen and oxygen atoms in total. The topological polar surface area (TPSA) is 9.23 Å². The van der Waals surface area contributed by atoms with Crippen LogP contribution in [0, 0.1) is 5.92 Å². The Bertz CT molecular complexity index is 72.9. The van der Waals surface area contributed by atoms with Crippen LogP contribution < -0.4 is 0 Å². The van der Waals surface area contributed by atoms with Crippen molar-refractivity contribution in [3.05, 3.63) is 12.7 Å². The quantitative estimate of drug-likeness (QED) is 0.399. The summed E-state index contributed by atoms with van der Waals surface area (Å²) in [5.74, 6) is 0.493. The first-order chi connectivity index (χ1) is 3.72. The summed E-state index contributed by atoms with van der Waals surface area (Å²) in [6.45, 7) is 7.84. The van der Waals surface area contributed by atoms with Gasteiger partial charge in [-0.15, -0.1) is 6.58 Å². The lowest BCUT2D eigenvalue weighted by Gasteiger charge is -2.13. The van der Waals surface area contributed by atoms with E-state index in [4.69, 9.17) is 4.43 Å². The molecule has 0 N–H and O–H groups in total. The van der Waals surface area contributed by atoms with Gasteiger partial charge in [-0.1, -0.05) is 13.0 Å². The molecule has 0 aromatic carbocycles. The van der Waals surface area contributed by atoms with Gasteiger partial charge in [-0.3, -0.25) is 0 Å². The van der Waals surface area contributed by atoms with Crippen molar-refractivity contribution in [1.29, 1.82) is 0 Å². The second kappa shape index (κ2) is 3.86. The predicted molar refractivity (Wildman–Crippen MR) is 39.8 cm³/mol. The van der Waals surface area contributed by atoms with Gasteiger partial charge in [0.25, 0.3) is 0 Å². The molecular weight excluding hydrogens is 116 g/mol. The molecule has 0 bridgehead atoms. The van der Waals surface area contributed by atoms with Gasteiger partial charge < -0.3 is 4.43 Å². The van der Waals surface area contributed by atoms with Crippen molar-refractivity contribution in [2.45, 2.75) is 20.0 Å². The third-order valence-electron chi connectivity index (χ3n) is 1.48. The zero-order chi connectivity index (χ0) is 6.57. The summed E-state index contributed by atoms with van der Waals surface area (Å²) < 4.78 is 5.17. The summed E-state index contributed by atoms with van der Waals surface area (Å²) in [6, 6.07) is 0. The summed E-state index contributed by atoms with van der Waals surface area (Å²) in [6.07, 6.45) is 2.28. The van der Waals surface area contributed by atoms with E-state index in [1.165, 1.54) is 0 Å². The van der Waals surface area contributed by atoms with Crippen LogP contribution in [0.5, 0.6) is 0 Å². The summed E-state index contributed by atoms with van der Waals surface area (Å²) in [4.78, 5) is 0. The van der Waals surface area contributed by atoms with Crippen LogP contribution in [0.3, 0.4) is 0 Å². The minimum atomic E-state index is 0.360. The maximum atomic E-state index is 5.17. The van der Waals surface area contributed by atoms with Crippen LogP contribution in [-0.2, 0) is 4.43 Å². The Kier molecular flexibility index (Phi) is 3.82. The van der Waals surface area contributed by atoms with Crippen LogP contribution in [0.25, 0.3) is 0 Å². The van der Waals surface area contributed by atoms with E-state index in [0.717, 1.165) is 10.5 Å². The highest BCUT2D eigenvalue weighted by molar-refractivity contribution is 5.98. The maximum Gasteiger partial charge on any atom is 0.146 e. The molecule has 0 fully saturated rings. The summed E-state index contributed by atoms with van der Waals surface area (Å²) in [5, 5.41) is 0. The molecular formula is C6H14OSi. The highest BCUT2D eigenvalue weighted by atomic mass is 28.2. The molecule has 2 atom stereocenters. The van der Waals surface area contributed by atoms with Gasteiger partial charge in [0, 0.05) is 6.10 Å². The van der Waals surface area contributed by atoms with Gasteiger partial charge in [-0.25, -0.2) is 0 Å². The molecule has 0 aromatic heterocycles. The summed E-state index contributed by atoms with van der Waals surface area (Å²) in [5.41, 5.74) is 0. The third-order valence-corrected chi connectivity index (χ3v) is 2.23. The van der Waals surface area contributed by atoms with Crippen molar-refractivity contribution in [1.82, 2.24) is 0 Å². The molecule has 0 aliphatic carbocycles. The Morgan fingerprint density at radius 2 is 2.12 bits per heavy atom. The molecule has 2 heteroatoms. The standard InChI is InChI=1S/C6H14OSi/c1-4-5(2)6(3)7-8/h4-6H,1H2,2-3,8H3. The first-order valence-corrected chi connectivity index (χ1v) is 3.69. The zero-order valence-corrected chi connectivity index (χ0v) is 7.85. The van der Waals surface area contributed by atoms with Crippen LogP contribution in [0.4, 0.5) is 0 Å². The predicted octanol–water partition coefficient (Wildman–Crippen LogP) is 0.494. The second-order valence-corrected chi connectivity index (χ2v) is 2.51. The van der Waals surface area contributed by atoms with E-state index in [1.807, 2.05) is 6.08 Å². The Morgan fingerprint density at radius 3 is 2.25 bits per heavy atom. The monoisotopic (exact) mass is 130 g/mol. The highest BCUT2D eigenvalue weighted by Gasteiger charge is 2.03. The second-order valence-electron chi connectivity index (χ2n) is 2.04. The molecule has 48 valence electrons. The van der Waals surface area contributed by atoms with Gasteiger partial charge in [0.05, 0.1) is 0 Å². The summed E-state index contributed by atoms with van der Waals surface area (Å²) in [7, 11) is 0.827. The lowest BCUT2D eigenvalue weighted by Crippen LogP contribution is -2.13. The molecule has 0 spiro atoms. The van der Waals surface area contributed by atoms with Crippen molar-refractivity contribution >= 4 is 10.5 Å². The van der Waals surface area contributed by atoms with E-state index >= 15 is 0 Å².